The summed E-state index contributed by atoms with van der Waals surface area (Å²) in [7, 11) is 0. The zero-order valence-corrected chi connectivity index (χ0v) is 18.9. The van der Waals surface area contributed by atoms with Gasteiger partial charge in [-0.2, -0.15) is 5.26 Å². The summed E-state index contributed by atoms with van der Waals surface area (Å²) in [6.07, 6.45) is 0. The first-order valence-electron chi connectivity index (χ1n) is 10.8. The van der Waals surface area contributed by atoms with Gasteiger partial charge in [-0.05, 0) is 30.5 Å². The zero-order chi connectivity index (χ0) is 22.3. The van der Waals surface area contributed by atoms with Crippen LogP contribution < -0.4 is 5.32 Å². The van der Waals surface area contributed by atoms with E-state index in [4.69, 9.17) is 0 Å². The number of thioether (sulfide) groups is 1. The van der Waals surface area contributed by atoms with Crippen LogP contribution in [0, 0.1) is 11.3 Å². The van der Waals surface area contributed by atoms with E-state index in [0.29, 0.717) is 0 Å². The molecule has 0 spiro atoms. The number of nitrogens with one attached hydrogen (secondary N) is 1. The third-order valence-electron chi connectivity index (χ3n) is 6.56. The molecular weight excluding hydrogens is 414 g/mol. The molecule has 0 bridgehead atoms. The van der Waals surface area contributed by atoms with Crippen LogP contribution in [0.1, 0.15) is 30.5 Å². The van der Waals surface area contributed by atoms with Crippen molar-refractivity contribution in [1.82, 2.24) is 10.2 Å². The Hall–Kier alpha value is -3.07. The third kappa shape index (κ3) is 3.06. The van der Waals surface area contributed by atoms with Crippen molar-refractivity contribution in [3.05, 3.63) is 108 Å². The van der Waals surface area contributed by atoms with Gasteiger partial charge in [0.2, 0.25) is 5.91 Å². The van der Waals surface area contributed by atoms with Gasteiger partial charge in [0.15, 0.2) is 0 Å². The molecule has 0 aromatic heterocycles. The molecule has 3 aromatic rings. The minimum absolute atomic E-state index is 0.00760. The van der Waals surface area contributed by atoms with Crippen molar-refractivity contribution in [2.75, 3.05) is 0 Å². The van der Waals surface area contributed by atoms with Crippen LogP contribution in [0.2, 0.25) is 0 Å². The second-order valence-electron chi connectivity index (χ2n) is 8.86. The van der Waals surface area contributed by atoms with Crippen LogP contribution >= 0.6 is 11.8 Å². The summed E-state index contributed by atoms with van der Waals surface area (Å²) < 4.78 is -0.305. The van der Waals surface area contributed by atoms with Gasteiger partial charge in [-0.25, -0.2) is 0 Å². The molecule has 2 aliphatic heterocycles. The molecule has 2 aliphatic rings. The van der Waals surface area contributed by atoms with Crippen molar-refractivity contribution in [3.63, 3.8) is 0 Å². The van der Waals surface area contributed by atoms with Gasteiger partial charge in [0.05, 0.1) is 11.6 Å². The van der Waals surface area contributed by atoms with Crippen LogP contribution in [0.3, 0.4) is 0 Å². The van der Waals surface area contributed by atoms with E-state index in [1.807, 2.05) is 68.4 Å². The fraction of sp³-hybridized carbons (Fsp3) is 0.259. The average Bonchev–Trinajstić information content (AvgIpc) is 3.08. The predicted octanol–water partition coefficient (Wildman–Crippen LogP) is 4.52. The van der Waals surface area contributed by atoms with E-state index in [2.05, 4.69) is 47.8 Å². The SMILES string of the molecule is CC1(C)SC2C(NC(c3ccccc3)(c3ccccc3)c3ccccc3)C(=O)N2C1C#N. The summed E-state index contributed by atoms with van der Waals surface area (Å²) in [5, 5.41) is 13.4. The van der Waals surface area contributed by atoms with E-state index >= 15 is 0 Å². The molecule has 4 nitrogen and oxygen atoms in total. The largest absolute Gasteiger partial charge is 0.310 e. The number of β-lactam (4-membered cyclic amide) rings is 1. The number of nitrogens with zero attached hydrogens (tertiary/aromatic N) is 2. The Bertz CT molecular complexity index is 1060. The van der Waals surface area contributed by atoms with Gasteiger partial charge in [0.1, 0.15) is 17.5 Å². The molecular formula is C27H25N3OS. The molecule has 2 fully saturated rings. The van der Waals surface area contributed by atoms with Gasteiger partial charge in [-0.3, -0.25) is 10.1 Å². The van der Waals surface area contributed by atoms with Crippen molar-refractivity contribution in [2.24, 2.45) is 0 Å². The molecule has 32 heavy (non-hydrogen) atoms. The molecule has 3 unspecified atom stereocenters. The molecule has 0 radical (unpaired) electrons. The Kier molecular flexibility index (Phi) is 5.08. The number of hydrogen-bond acceptors (Lipinski definition) is 4. The van der Waals surface area contributed by atoms with E-state index < -0.39 is 17.6 Å². The molecule has 1 amide bonds. The maximum absolute atomic E-state index is 13.4. The van der Waals surface area contributed by atoms with E-state index in [1.54, 1.807) is 16.7 Å². The molecule has 160 valence electrons. The summed E-state index contributed by atoms with van der Waals surface area (Å²) in [4.78, 5) is 15.1. The van der Waals surface area contributed by atoms with Gasteiger partial charge >= 0.3 is 0 Å². The van der Waals surface area contributed by atoms with Crippen molar-refractivity contribution in [3.8, 4) is 6.07 Å². The lowest BCUT2D eigenvalue weighted by molar-refractivity contribution is -0.148. The van der Waals surface area contributed by atoms with Crippen molar-refractivity contribution in [1.29, 1.82) is 5.26 Å². The topological polar surface area (TPSA) is 56.1 Å². The van der Waals surface area contributed by atoms with Crippen LogP contribution in [0.4, 0.5) is 0 Å². The number of nitriles is 1. The minimum atomic E-state index is -0.703. The number of amides is 1. The van der Waals surface area contributed by atoms with E-state index in [-0.39, 0.29) is 16.0 Å². The molecule has 3 atom stereocenters. The molecule has 5 heteroatoms. The minimum Gasteiger partial charge on any atom is -0.310 e. The molecule has 3 aromatic carbocycles. The predicted molar refractivity (Wildman–Crippen MR) is 128 cm³/mol. The average molecular weight is 440 g/mol. The lowest BCUT2D eigenvalue weighted by Gasteiger charge is -2.49. The number of fused-ring (bicyclic) bond motifs is 1. The Morgan fingerprint density at radius 3 is 1.72 bits per heavy atom. The standard InChI is InChI=1S/C27H25N3OS/c1-26(2)22(18-28)30-24(31)23(25(30)32-26)29-27(19-12-6-3-7-13-19,20-14-8-4-9-15-20)21-16-10-5-11-17-21/h3-17,22-23,25,29H,1-2H3. The number of benzene rings is 3. The van der Waals surface area contributed by atoms with Crippen LogP contribution in [-0.2, 0) is 10.3 Å². The number of carbonyl (C=O) groups is 1. The van der Waals surface area contributed by atoms with Gasteiger partial charge in [0, 0.05) is 4.75 Å². The normalized spacial score (nSPS) is 23.8. The second-order valence-corrected chi connectivity index (χ2v) is 10.6. The Balaban J connectivity index is 1.65. The summed E-state index contributed by atoms with van der Waals surface area (Å²) in [6, 6.07) is 32.4. The fourth-order valence-electron chi connectivity index (χ4n) is 4.99. The molecule has 2 heterocycles. The first-order valence-corrected chi connectivity index (χ1v) is 11.7. The van der Waals surface area contributed by atoms with Crippen molar-refractivity contribution in [2.45, 2.75) is 41.6 Å². The van der Waals surface area contributed by atoms with Crippen molar-refractivity contribution < 1.29 is 4.79 Å². The van der Waals surface area contributed by atoms with Crippen molar-refractivity contribution >= 4 is 17.7 Å². The molecule has 0 saturated carbocycles. The number of carbonyl (C=O) groups excluding carboxylic acids is 1. The van der Waals surface area contributed by atoms with Crippen LogP contribution in [0.5, 0.6) is 0 Å². The number of hydrogen-bond donors (Lipinski definition) is 1. The molecule has 5 rings (SSSR count). The summed E-state index contributed by atoms with van der Waals surface area (Å²) in [5.41, 5.74) is 2.51. The Labute approximate surface area is 193 Å². The summed E-state index contributed by atoms with van der Waals surface area (Å²) >= 11 is 1.71. The van der Waals surface area contributed by atoms with Gasteiger partial charge in [-0.1, -0.05) is 91.0 Å². The number of rotatable bonds is 5. The highest BCUT2D eigenvalue weighted by molar-refractivity contribution is 8.01. The highest BCUT2D eigenvalue weighted by Crippen LogP contribution is 2.51. The van der Waals surface area contributed by atoms with E-state index in [9.17, 15) is 10.1 Å². The highest BCUT2D eigenvalue weighted by atomic mass is 32.2. The summed E-state index contributed by atoms with van der Waals surface area (Å²) in [6.45, 7) is 4.10. The first kappa shape index (κ1) is 20.8. The summed E-state index contributed by atoms with van der Waals surface area (Å²) in [5.74, 6) is -0.00760. The van der Waals surface area contributed by atoms with Gasteiger partial charge < -0.3 is 4.90 Å². The smallest absolute Gasteiger partial charge is 0.244 e. The van der Waals surface area contributed by atoms with Gasteiger partial charge in [0.25, 0.3) is 0 Å². The molecule has 2 saturated heterocycles. The second kappa shape index (κ2) is 7.81. The lowest BCUT2D eigenvalue weighted by atomic mass is 9.76. The maximum atomic E-state index is 13.4. The van der Waals surface area contributed by atoms with E-state index in [1.165, 1.54) is 0 Å². The van der Waals surface area contributed by atoms with Crippen LogP contribution in [0.25, 0.3) is 0 Å². The Morgan fingerprint density at radius 1 is 0.875 bits per heavy atom. The monoisotopic (exact) mass is 439 g/mol. The molecule has 0 aliphatic carbocycles. The first-order chi connectivity index (χ1) is 15.5. The lowest BCUT2D eigenvalue weighted by Crippen LogP contribution is -2.71. The van der Waals surface area contributed by atoms with Crippen LogP contribution in [0.15, 0.2) is 91.0 Å². The van der Waals surface area contributed by atoms with Gasteiger partial charge in [-0.15, -0.1) is 11.8 Å². The third-order valence-corrected chi connectivity index (χ3v) is 8.13. The van der Waals surface area contributed by atoms with Crippen LogP contribution in [-0.4, -0.2) is 33.0 Å². The highest BCUT2D eigenvalue weighted by Gasteiger charge is 2.63. The fourth-order valence-corrected chi connectivity index (χ4v) is 6.57. The quantitative estimate of drug-likeness (QED) is 0.469. The maximum Gasteiger partial charge on any atom is 0.244 e. The van der Waals surface area contributed by atoms with E-state index in [0.717, 1.165) is 16.7 Å². The zero-order valence-electron chi connectivity index (χ0n) is 18.1. The molecule has 1 N–H and O–H groups in total. The Morgan fingerprint density at radius 2 is 1.31 bits per heavy atom.